The maximum absolute atomic E-state index is 11.0. The molecule has 1 rings (SSSR count). The van der Waals surface area contributed by atoms with Crippen molar-refractivity contribution in [1.82, 2.24) is 0 Å². The van der Waals surface area contributed by atoms with Crippen LogP contribution in [0.15, 0.2) is 53.6 Å². The van der Waals surface area contributed by atoms with E-state index in [0.717, 1.165) is 25.1 Å². The first kappa shape index (κ1) is 18.5. The molecule has 0 saturated carbocycles. The molecule has 1 aromatic rings. The van der Waals surface area contributed by atoms with E-state index >= 15 is 0 Å². The predicted octanol–water partition coefficient (Wildman–Crippen LogP) is 4.71. The van der Waals surface area contributed by atoms with E-state index in [2.05, 4.69) is 53.3 Å². The highest BCUT2D eigenvalue weighted by molar-refractivity contribution is 9.09. The molecule has 0 aliphatic carbocycles. The molecule has 120 valence electrons. The van der Waals surface area contributed by atoms with Crippen LogP contribution in [0.5, 0.6) is 0 Å². The van der Waals surface area contributed by atoms with Crippen molar-refractivity contribution in [3.05, 3.63) is 53.6 Å². The van der Waals surface area contributed by atoms with Crippen molar-refractivity contribution >= 4 is 27.6 Å². The van der Waals surface area contributed by atoms with Crippen molar-refractivity contribution in [2.24, 2.45) is 0 Å². The van der Waals surface area contributed by atoms with Crippen LogP contribution in [-0.4, -0.2) is 24.5 Å². The first-order chi connectivity index (χ1) is 10.6. The lowest BCUT2D eigenvalue weighted by molar-refractivity contribution is -0.139. The van der Waals surface area contributed by atoms with Gasteiger partial charge in [0, 0.05) is 12.2 Å². The van der Waals surface area contributed by atoms with E-state index in [0.29, 0.717) is 6.61 Å². The Morgan fingerprint density at radius 1 is 1.18 bits per heavy atom. The SMILES string of the molecule is CC(=CCOC(=O)CBr)CCC=C(C)CNc1ccccc1. The number of halogens is 1. The Balaban J connectivity index is 2.23. The molecule has 1 aromatic carbocycles. The lowest BCUT2D eigenvalue weighted by Gasteiger charge is -2.06. The summed E-state index contributed by atoms with van der Waals surface area (Å²) in [5.41, 5.74) is 3.70. The second-order valence-electron chi connectivity index (χ2n) is 5.18. The van der Waals surface area contributed by atoms with Crippen LogP contribution in [-0.2, 0) is 9.53 Å². The standard InChI is InChI=1S/C18H24BrNO2/c1-15(11-12-22-18(21)13-19)7-6-8-16(2)14-20-17-9-4-3-5-10-17/h3-5,8-11,20H,6-7,12-14H2,1-2H3. The molecule has 0 saturated heterocycles. The highest BCUT2D eigenvalue weighted by atomic mass is 79.9. The Bertz CT molecular complexity index is 509. The lowest BCUT2D eigenvalue weighted by Crippen LogP contribution is -2.05. The summed E-state index contributed by atoms with van der Waals surface area (Å²) in [5, 5.41) is 3.64. The topological polar surface area (TPSA) is 38.3 Å². The number of allylic oxidation sites excluding steroid dienone is 2. The zero-order chi connectivity index (χ0) is 16.2. The van der Waals surface area contributed by atoms with E-state index in [9.17, 15) is 4.79 Å². The van der Waals surface area contributed by atoms with Crippen LogP contribution < -0.4 is 5.32 Å². The van der Waals surface area contributed by atoms with Gasteiger partial charge in [-0.1, -0.05) is 51.4 Å². The van der Waals surface area contributed by atoms with Crippen LogP contribution in [0.1, 0.15) is 26.7 Å². The number of hydrogen-bond acceptors (Lipinski definition) is 3. The minimum absolute atomic E-state index is 0.230. The summed E-state index contributed by atoms with van der Waals surface area (Å²) in [6, 6.07) is 10.2. The molecule has 0 spiro atoms. The lowest BCUT2D eigenvalue weighted by atomic mass is 10.1. The van der Waals surface area contributed by atoms with Gasteiger partial charge in [0.15, 0.2) is 0 Å². The minimum Gasteiger partial charge on any atom is -0.461 e. The molecule has 0 aliphatic rings. The van der Waals surface area contributed by atoms with Crippen molar-refractivity contribution in [3.63, 3.8) is 0 Å². The fraction of sp³-hybridized carbons (Fsp3) is 0.389. The number of ether oxygens (including phenoxy) is 1. The van der Waals surface area contributed by atoms with E-state index in [-0.39, 0.29) is 11.3 Å². The number of hydrogen-bond donors (Lipinski definition) is 1. The summed E-state index contributed by atoms with van der Waals surface area (Å²) in [6.07, 6.45) is 6.19. The van der Waals surface area contributed by atoms with Crippen molar-refractivity contribution in [1.29, 1.82) is 0 Å². The summed E-state index contributed by atoms with van der Waals surface area (Å²) < 4.78 is 4.99. The molecule has 1 N–H and O–H groups in total. The summed E-state index contributed by atoms with van der Waals surface area (Å²) in [4.78, 5) is 11.0. The maximum atomic E-state index is 11.0. The third kappa shape index (κ3) is 8.67. The minimum atomic E-state index is -0.230. The number of alkyl halides is 1. The smallest absolute Gasteiger partial charge is 0.316 e. The van der Waals surface area contributed by atoms with Crippen molar-refractivity contribution in [2.45, 2.75) is 26.7 Å². The fourth-order valence-corrected chi connectivity index (χ4v) is 2.00. The van der Waals surface area contributed by atoms with Gasteiger partial charge >= 0.3 is 5.97 Å². The number of carbonyl (C=O) groups excluding carboxylic acids is 1. The second-order valence-corrected chi connectivity index (χ2v) is 5.74. The zero-order valence-corrected chi connectivity index (χ0v) is 14.9. The van der Waals surface area contributed by atoms with Gasteiger partial charge in [0.1, 0.15) is 11.9 Å². The van der Waals surface area contributed by atoms with Gasteiger partial charge in [0.2, 0.25) is 0 Å². The van der Waals surface area contributed by atoms with Crippen LogP contribution in [0.3, 0.4) is 0 Å². The Morgan fingerprint density at radius 2 is 1.91 bits per heavy atom. The number of para-hydroxylation sites is 1. The summed E-state index contributed by atoms with van der Waals surface area (Å²) in [6.45, 7) is 5.41. The Labute approximate surface area is 141 Å². The van der Waals surface area contributed by atoms with Crippen LogP contribution >= 0.6 is 15.9 Å². The zero-order valence-electron chi connectivity index (χ0n) is 13.3. The summed E-state index contributed by atoms with van der Waals surface area (Å²) >= 11 is 3.06. The van der Waals surface area contributed by atoms with E-state index in [4.69, 9.17) is 4.74 Å². The maximum Gasteiger partial charge on any atom is 0.316 e. The Morgan fingerprint density at radius 3 is 2.59 bits per heavy atom. The van der Waals surface area contributed by atoms with Gasteiger partial charge in [-0.3, -0.25) is 4.79 Å². The van der Waals surface area contributed by atoms with Gasteiger partial charge in [0.05, 0.1) is 0 Å². The van der Waals surface area contributed by atoms with Gasteiger partial charge in [0.25, 0.3) is 0 Å². The molecular formula is C18H24BrNO2. The summed E-state index contributed by atoms with van der Waals surface area (Å²) in [7, 11) is 0. The van der Waals surface area contributed by atoms with Crippen LogP contribution in [0.25, 0.3) is 0 Å². The first-order valence-electron chi connectivity index (χ1n) is 7.43. The monoisotopic (exact) mass is 365 g/mol. The average molecular weight is 366 g/mol. The predicted molar refractivity (Wildman–Crippen MR) is 96.4 cm³/mol. The normalized spacial score (nSPS) is 12.1. The highest BCUT2D eigenvalue weighted by Gasteiger charge is 1.97. The molecule has 0 atom stereocenters. The highest BCUT2D eigenvalue weighted by Crippen LogP contribution is 2.09. The summed E-state index contributed by atoms with van der Waals surface area (Å²) in [5.74, 6) is -0.230. The van der Waals surface area contributed by atoms with Crippen LogP contribution in [0, 0.1) is 0 Å². The molecule has 0 radical (unpaired) electrons. The molecular weight excluding hydrogens is 342 g/mol. The van der Waals surface area contributed by atoms with E-state index < -0.39 is 0 Å². The van der Waals surface area contributed by atoms with Gasteiger partial charge in [-0.2, -0.15) is 0 Å². The molecule has 4 heteroatoms. The van der Waals surface area contributed by atoms with E-state index in [1.807, 2.05) is 24.3 Å². The first-order valence-corrected chi connectivity index (χ1v) is 8.55. The van der Waals surface area contributed by atoms with Gasteiger partial charge in [-0.05, 0) is 44.9 Å². The quantitative estimate of drug-likeness (QED) is 0.391. The van der Waals surface area contributed by atoms with Gasteiger partial charge in [-0.25, -0.2) is 0 Å². The van der Waals surface area contributed by atoms with E-state index in [1.54, 1.807) is 0 Å². The Hall–Kier alpha value is -1.55. The average Bonchev–Trinajstić information content (AvgIpc) is 2.53. The largest absolute Gasteiger partial charge is 0.461 e. The molecule has 0 aliphatic heterocycles. The van der Waals surface area contributed by atoms with Gasteiger partial charge < -0.3 is 10.1 Å². The molecule has 0 bridgehead atoms. The van der Waals surface area contributed by atoms with E-state index in [1.165, 1.54) is 11.1 Å². The second kappa shape index (κ2) is 11.1. The number of anilines is 1. The van der Waals surface area contributed by atoms with Gasteiger partial charge in [-0.15, -0.1) is 0 Å². The molecule has 0 amide bonds. The Kier molecular flexibility index (Phi) is 9.31. The molecule has 22 heavy (non-hydrogen) atoms. The van der Waals surface area contributed by atoms with Crippen LogP contribution in [0.2, 0.25) is 0 Å². The number of rotatable bonds is 9. The molecule has 0 unspecified atom stereocenters. The molecule has 0 heterocycles. The van der Waals surface area contributed by atoms with Crippen molar-refractivity contribution < 1.29 is 9.53 Å². The molecule has 3 nitrogen and oxygen atoms in total. The fourth-order valence-electron chi connectivity index (χ4n) is 1.83. The van der Waals surface area contributed by atoms with Crippen molar-refractivity contribution in [3.8, 4) is 0 Å². The van der Waals surface area contributed by atoms with Crippen molar-refractivity contribution in [2.75, 3.05) is 23.8 Å². The third-order valence-electron chi connectivity index (χ3n) is 3.16. The number of esters is 1. The third-order valence-corrected chi connectivity index (χ3v) is 3.62. The number of benzene rings is 1. The molecule has 0 aromatic heterocycles. The number of carbonyl (C=O) groups is 1. The van der Waals surface area contributed by atoms with Crippen LogP contribution in [0.4, 0.5) is 5.69 Å². The molecule has 0 fully saturated rings. The number of nitrogens with one attached hydrogen (secondary N) is 1.